The summed E-state index contributed by atoms with van der Waals surface area (Å²) in [4.78, 5) is 0. The second-order valence-electron chi connectivity index (χ2n) is 10.1. The summed E-state index contributed by atoms with van der Waals surface area (Å²) in [5, 5.41) is 0. The third kappa shape index (κ3) is 16.2. The van der Waals surface area contributed by atoms with E-state index in [9.17, 15) is 0 Å². The first-order valence-electron chi connectivity index (χ1n) is 16.6. The summed E-state index contributed by atoms with van der Waals surface area (Å²) in [5.41, 5.74) is 0. The molecule has 0 aromatic carbocycles. The Morgan fingerprint density at radius 3 is 0.536 bits per heavy atom. The first-order valence-corrected chi connectivity index (χ1v) is 30.3. The lowest BCUT2D eigenvalue weighted by molar-refractivity contribution is -0.0284. The maximum Gasteiger partial charge on any atom is 0.671 e. The van der Waals surface area contributed by atoms with E-state index in [2.05, 4.69) is 0 Å². The van der Waals surface area contributed by atoms with Crippen LogP contribution in [0.4, 0.5) is 0 Å². The van der Waals surface area contributed by atoms with E-state index in [1.165, 1.54) is 128 Å². The molecule has 0 spiro atoms. The average Bonchev–Trinajstić information content (AvgIpc) is 3.26. The summed E-state index contributed by atoms with van der Waals surface area (Å²) in [6.45, 7) is 3.78. The molecule has 0 saturated heterocycles. The highest BCUT2D eigenvalue weighted by molar-refractivity contribution is 6.83. The maximum absolute atomic E-state index is 6.25. The predicted octanol–water partition coefficient (Wildman–Crippen LogP) is 1.02. The van der Waals surface area contributed by atoms with Gasteiger partial charge in [0.05, 0.1) is 0 Å². The second-order valence-corrected chi connectivity index (χ2v) is 32.3. The van der Waals surface area contributed by atoms with Crippen LogP contribution in [-0.2, 0) is 104 Å². The highest BCUT2D eigenvalue weighted by atomic mass is 28.5. The summed E-state index contributed by atoms with van der Waals surface area (Å²) in [5.74, 6) is 0. The van der Waals surface area contributed by atoms with Gasteiger partial charge >= 0.3 is 71.9 Å². The quantitative estimate of drug-likeness (QED) is 0.0822. The highest BCUT2D eigenvalue weighted by Crippen LogP contribution is 2.33. The van der Waals surface area contributed by atoms with Crippen molar-refractivity contribution in [2.24, 2.45) is 0 Å². The summed E-state index contributed by atoms with van der Waals surface area (Å²) < 4.78 is 134. The standard InChI is InChI=1S/C13H36O12Si4.C11H32O12Si4/c1-11-12-13-26(23-27(14-2,15-3)16-4,24-28(17-5,18-6)19-7)25-29(20-8,21-9)22-10;1-11-24(21-25(12-2,13-3)14-4,22-26(15-5,16-6)17-7)23-27(18-8,19-9)20-10/h11-13H2,1-10H3;11H2,1-10H3. The van der Waals surface area contributed by atoms with E-state index < -0.39 is 71.9 Å². The van der Waals surface area contributed by atoms with E-state index in [1.54, 1.807) is 6.92 Å². The minimum absolute atomic E-state index is 0.216. The molecule has 0 amide bonds. The molecule has 0 aliphatic heterocycles. The Morgan fingerprint density at radius 2 is 0.411 bits per heavy atom. The van der Waals surface area contributed by atoms with E-state index in [1.807, 2.05) is 6.92 Å². The van der Waals surface area contributed by atoms with Gasteiger partial charge in [-0.3, -0.25) is 0 Å². The van der Waals surface area contributed by atoms with Gasteiger partial charge in [0.25, 0.3) is 0 Å². The Kier molecular flexibility index (Phi) is 29.8. The fourth-order valence-electron chi connectivity index (χ4n) is 4.28. The molecule has 0 saturated carbocycles. The molecule has 0 bridgehead atoms. The highest BCUT2D eigenvalue weighted by Gasteiger charge is 2.67. The van der Waals surface area contributed by atoms with Crippen LogP contribution in [0.2, 0.25) is 12.1 Å². The fourth-order valence-corrected chi connectivity index (χ4v) is 29.4. The Balaban J connectivity index is 0. The van der Waals surface area contributed by atoms with Crippen LogP contribution in [0.15, 0.2) is 0 Å². The van der Waals surface area contributed by atoms with Crippen molar-refractivity contribution < 1.29 is 104 Å². The molecule has 0 aliphatic rings. The lowest BCUT2D eigenvalue weighted by Gasteiger charge is -2.41. The largest absolute Gasteiger partial charge is 0.671 e. The van der Waals surface area contributed by atoms with Crippen molar-refractivity contribution in [2.45, 2.75) is 38.8 Å². The Hall–Kier alpha value is 0.775. The van der Waals surface area contributed by atoms with Crippen molar-refractivity contribution in [3.05, 3.63) is 0 Å². The number of unbranched alkanes of at least 4 members (excludes halogenated alkanes) is 1. The molecule has 0 radical (unpaired) electrons. The first kappa shape index (κ1) is 58.9. The van der Waals surface area contributed by atoms with Crippen molar-refractivity contribution in [3.8, 4) is 0 Å². The molecule has 0 unspecified atom stereocenters. The predicted molar refractivity (Wildman–Crippen MR) is 209 cm³/mol. The van der Waals surface area contributed by atoms with Crippen LogP contribution in [0.3, 0.4) is 0 Å². The van der Waals surface area contributed by atoms with Crippen molar-refractivity contribution in [1.29, 1.82) is 0 Å². The number of hydrogen-bond acceptors (Lipinski definition) is 24. The van der Waals surface area contributed by atoms with E-state index in [-0.39, 0.29) is 6.04 Å². The van der Waals surface area contributed by atoms with Crippen LogP contribution in [0, 0.1) is 0 Å². The molecule has 0 aliphatic carbocycles. The van der Waals surface area contributed by atoms with Crippen LogP contribution in [0.25, 0.3) is 0 Å². The molecule has 0 atom stereocenters. The SMILES string of the molecule is CCCC[Si](O[Si](OC)(OC)OC)(O[Si](OC)(OC)OC)O[Si](OC)(OC)OC.CC[Si](O[Si](OC)(OC)OC)(O[Si](OC)(OC)OC)O[Si](OC)(OC)OC. The van der Waals surface area contributed by atoms with Gasteiger partial charge < -0.3 is 104 Å². The molecule has 0 aromatic rings. The van der Waals surface area contributed by atoms with Gasteiger partial charge in [0.2, 0.25) is 0 Å². The molecule has 0 aromatic heterocycles. The van der Waals surface area contributed by atoms with Gasteiger partial charge in [0.1, 0.15) is 0 Å². The minimum Gasteiger partial charge on any atom is -0.355 e. The molecular formula is C24H68O24Si8. The van der Waals surface area contributed by atoms with E-state index >= 15 is 0 Å². The molecule has 32 heteroatoms. The van der Waals surface area contributed by atoms with Gasteiger partial charge in [0.15, 0.2) is 0 Å². The third-order valence-corrected chi connectivity index (χ3v) is 31.7. The Labute approximate surface area is 342 Å². The van der Waals surface area contributed by atoms with E-state index in [4.69, 9.17) is 104 Å². The van der Waals surface area contributed by atoms with Crippen molar-refractivity contribution in [3.63, 3.8) is 0 Å². The van der Waals surface area contributed by atoms with Gasteiger partial charge in [-0.05, 0) is 6.42 Å². The molecule has 0 fully saturated rings. The topological polar surface area (TPSA) is 222 Å². The molecule has 0 heterocycles. The maximum atomic E-state index is 6.25. The Bertz CT molecular complexity index is 831. The fraction of sp³-hybridized carbons (Fsp3) is 1.00. The average molecular weight is 965 g/mol. The van der Waals surface area contributed by atoms with Gasteiger partial charge in [-0.25, -0.2) is 0 Å². The summed E-state index contributed by atoms with van der Waals surface area (Å²) in [6, 6.07) is 0.525. The summed E-state index contributed by atoms with van der Waals surface area (Å²) in [7, 11) is -4.43. The van der Waals surface area contributed by atoms with E-state index in [0.717, 1.165) is 6.42 Å². The number of hydrogen-bond donors (Lipinski definition) is 0. The molecule has 24 nitrogen and oxygen atoms in total. The van der Waals surface area contributed by atoms with Crippen LogP contribution in [-0.4, -0.2) is 200 Å². The van der Waals surface area contributed by atoms with Crippen LogP contribution in [0.1, 0.15) is 26.7 Å². The van der Waals surface area contributed by atoms with Gasteiger partial charge in [-0.1, -0.05) is 20.3 Å². The molecular weight excluding hydrogens is 897 g/mol. The molecule has 340 valence electrons. The van der Waals surface area contributed by atoms with E-state index in [0.29, 0.717) is 12.5 Å². The normalized spacial score (nSPS) is 13.9. The number of rotatable bonds is 34. The lowest BCUT2D eigenvalue weighted by atomic mass is 10.4. The molecule has 56 heavy (non-hydrogen) atoms. The summed E-state index contributed by atoms with van der Waals surface area (Å²) >= 11 is 0. The smallest absolute Gasteiger partial charge is 0.355 e. The zero-order valence-corrected chi connectivity index (χ0v) is 44.6. The Morgan fingerprint density at radius 1 is 0.250 bits per heavy atom. The van der Waals surface area contributed by atoms with Gasteiger partial charge in [-0.15, -0.1) is 0 Å². The second kappa shape index (κ2) is 28.4. The van der Waals surface area contributed by atoms with Gasteiger partial charge in [0, 0.05) is 140 Å². The van der Waals surface area contributed by atoms with Crippen molar-refractivity contribution in [2.75, 3.05) is 128 Å². The van der Waals surface area contributed by atoms with Crippen molar-refractivity contribution >= 4 is 71.9 Å². The first-order chi connectivity index (χ1) is 26.5. The van der Waals surface area contributed by atoms with Gasteiger partial charge in [-0.2, -0.15) is 0 Å². The molecule has 0 N–H and O–H groups in total. The third-order valence-electron chi connectivity index (χ3n) is 7.45. The minimum atomic E-state index is -3.85. The summed E-state index contributed by atoms with van der Waals surface area (Å²) in [6.07, 6.45) is 1.48. The lowest BCUT2D eigenvalue weighted by Crippen LogP contribution is -2.69. The monoisotopic (exact) mass is 964 g/mol. The van der Waals surface area contributed by atoms with Crippen LogP contribution < -0.4 is 0 Å². The van der Waals surface area contributed by atoms with Crippen LogP contribution in [0.5, 0.6) is 0 Å². The zero-order valence-electron chi connectivity index (χ0n) is 36.6. The van der Waals surface area contributed by atoms with Crippen molar-refractivity contribution in [1.82, 2.24) is 0 Å². The van der Waals surface area contributed by atoms with Crippen LogP contribution >= 0.6 is 0 Å². The zero-order chi connectivity index (χ0) is 43.8. The molecule has 0 rings (SSSR count).